The van der Waals surface area contributed by atoms with Crippen molar-refractivity contribution in [1.29, 1.82) is 0 Å². The normalized spacial score (nSPS) is 28.1. The van der Waals surface area contributed by atoms with Crippen molar-refractivity contribution in [3.8, 4) is 0 Å². The second-order valence-electron chi connectivity index (χ2n) is 5.05. The lowest BCUT2D eigenvalue weighted by Crippen LogP contribution is -2.42. The molecule has 0 N–H and O–H groups in total. The molecule has 0 saturated heterocycles. The monoisotopic (exact) mass is 354 g/mol. The van der Waals surface area contributed by atoms with E-state index >= 15 is 0 Å². The molecule has 1 saturated carbocycles. The highest BCUT2D eigenvalue weighted by Gasteiger charge is 2.36. The molecule has 1 rings (SSSR count). The molecule has 0 amide bonds. The average molecular weight is 354 g/mol. The molecule has 1 aliphatic carbocycles. The summed E-state index contributed by atoms with van der Waals surface area (Å²) in [4.78, 5) is 0. The molecular formula is C14H27IO2. The van der Waals surface area contributed by atoms with E-state index in [0.29, 0.717) is 3.92 Å². The number of rotatable bonds is 2. The standard InChI is InChI=1S/C14H27IO2/c1-16-14(17-2)12-10-8-6-4-3-5-7-9-11-13(14)15/h13H,3-12H2,1-2H3. The maximum absolute atomic E-state index is 5.71. The molecule has 17 heavy (non-hydrogen) atoms. The second-order valence-corrected chi connectivity index (χ2v) is 6.56. The van der Waals surface area contributed by atoms with Crippen LogP contribution in [0.25, 0.3) is 0 Å². The minimum absolute atomic E-state index is 0.347. The first-order valence-electron chi connectivity index (χ1n) is 6.99. The van der Waals surface area contributed by atoms with E-state index in [2.05, 4.69) is 22.6 Å². The van der Waals surface area contributed by atoms with Gasteiger partial charge in [-0.2, -0.15) is 0 Å². The lowest BCUT2D eigenvalue weighted by atomic mass is 9.97. The summed E-state index contributed by atoms with van der Waals surface area (Å²) >= 11 is 2.52. The van der Waals surface area contributed by atoms with Gasteiger partial charge in [-0.3, -0.25) is 0 Å². The van der Waals surface area contributed by atoms with Crippen molar-refractivity contribution in [3.63, 3.8) is 0 Å². The Bertz CT molecular complexity index is 193. The third-order valence-corrected chi connectivity index (χ3v) is 5.47. The Balaban J connectivity index is 2.56. The zero-order chi connectivity index (χ0) is 12.6. The minimum atomic E-state index is -0.347. The molecule has 0 radical (unpaired) electrons. The second kappa shape index (κ2) is 8.70. The maximum Gasteiger partial charge on any atom is 0.179 e. The van der Waals surface area contributed by atoms with Crippen molar-refractivity contribution >= 4 is 22.6 Å². The third-order valence-electron chi connectivity index (χ3n) is 3.90. The van der Waals surface area contributed by atoms with E-state index in [0.717, 1.165) is 6.42 Å². The molecule has 0 bridgehead atoms. The Morgan fingerprint density at radius 2 is 1.29 bits per heavy atom. The van der Waals surface area contributed by atoms with Gasteiger partial charge in [-0.15, -0.1) is 0 Å². The molecule has 2 nitrogen and oxygen atoms in total. The fraction of sp³-hybridized carbons (Fsp3) is 1.00. The summed E-state index contributed by atoms with van der Waals surface area (Å²) in [6.07, 6.45) is 13.1. The van der Waals surface area contributed by atoms with Crippen molar-refractivity contribution < 1.29 is 9.47 Å². The van der Waals surface area contributed by atoms with Gasteiger partial charge >= 0.3 is 0 Å². The predicted octanol–water partition coefficient (Wildman–Crippen LogP) is 4.69. The molecule has 0 aromatic heterocycles. The lowest BCUT2D eigenvalue weighted by Gasteiger charge is -2.36. The van der Waals surface area contributed by atoms with Gasteiger partial charge in [0.15, 0.2) is 5.79 Å². The van der Waals surface area contributed by atoms with E-state index in [9.17, 15) is 0 Å². The van der Waals surface area contributed by atoms with Crippen LogP contribution in [0.2, 0.25) is 0 Å². The van der Waals surface area contributed by atoms with Crippen molar-refractivity contribution in [3.05, 3.63) is 0 Å². The molecule has 0 aromatic rings. The molecular weight excluding hydrogens is 327 g/mol. The Hall–Kier alpha value is 0.650. The predicted molar refractivity (Wildman–Crippen MR) is 80.7 cm³/mol. The highest BCUT2D eigenvalue weighted by Crippen LogP contribution is 2.33. The van der Waals surface area contributed by atoms with Crippen molar-refractivity contribution in [2.24, 2.45) is 0 Å². The van der Waals surface area contributed by atoms with Gasteiger partial charge in [-0.25, -0.2) is 0 Å². The molecule has 1 atom stereocenters. The van der Waals surface area contributed by atoms with Crippen LogP contribution in [0.4, 0.5) is 0 Å². The number of alkyl halides is 1. The van der Waals surface area contributed by atoms with Gasteiger partial charge in [-0.05, 0) is 12.8 Å². The van der Waals surface area contributed by atoms with Crippen LogP contribution in [0.3, 0.4) is 0 Å². The Kier molecular flexibility index (Phi) is 8.04. The molecule has 0 spiro atoms. The summed E-state index contributed by atoms with van der Waals surface area (Å²) in [6.45, 7) is 0. The number of halogens is 1. The summed E-state index contributed by atoms with van der Waals surface area (Å²) in [5, 5.41) is 0. The molecule has 1 fully saturated rings. The first-order valence-corrected chi connectivity index (χ1v) is 8.24. The third kappa shape index (κ3) is 5.03. The van der Waals surface area contributed by atoms with Crippen LogP contribution in [0, 0.1) is 0 Å². The topological polar surface area (TPSA) is 18.5 Å². The SMILES string of the molecule is COC1(OC)CCCCCCCCCCC1I. The van der Waals surface area contributed by atoms with Gasteiger partial charge < -0.3 is 9.47 Å². The van der Waals surface area contributed by atoms with Gasteiger partial charge in [0.25, 0.3) is 0 Å². The number of ether oxygens (including phenoxy) is 2. The number of hydrogen-bond donors (Lipinski definition) is 0. The van der Waals surface area contributed by atoms with Crippen molar-refractivity contribution in [2.45, 2.75) is 73.9 Å². The van der Waals surface area contributed by atoms with Gasteiger partial charge in [-0.1, -0.05) is 67.5 Å². The fourth-order valence-electron chi connectivity index (χ4n) is 2.68. The number of methoxy groups -OCH3 is 2. The van der Waals surface area contributed by atoms with Crippen LogP contribution >= 0.6 is 22.6 Å². The molecule has 0 heterocycles. The minimum Gasteiger partial charge on any atom is -0.352 e. The molecule has 102 valence electrons. The van der Waals surface area contributed by atoms with E-state index in [4.69, 9.17) is 9.47 Å². The largest absolute Gasteiger partial charge is 0.352 e. The summed E-state index contributed by atoms with van der Waals surface area (Å²) in [7, 11) is 3.59. The summed E-state index contributed by atoms with van der Waals surface area (Å²) in [6, 6.07) is 0. The summed E-state index contributed by atoms with van der Waals surface area (Å²) in [5.41, 5.74) is 0. The highest BCUT2D eigenvalue weighted by atomic mass is 127. The maximum atomic E-state index is 5.71. The fourth-order valence-corrected chi connectivity index (χ4v) is 3.94. The van der Waals surface area contributed by atoms with E-state index in [1.54, 1.807) is 14.2 Å². The van der Waals surface area contributed by atoms with Crippen molar-refractivity contribution in [2.75, 3.05) is 14.2 Å². The first kappa shape index (κ1) is 15.7. The molecule has 0 aliphatic heterocycles. The zero-order valence-electron chi connectivity index (χ0n) is 11.3. The van der Waals surface area contributed by atoms with E-state index < -0.39 is 0 Å². The van der Waals surface area contributed by atoms with Crippen LogP contribution in [0.1, 0.15) is 64.2 Å². The summed E-state index contributed by atoms with van der Waals surface area (Å²) in [5.74, 6) is -0.347. The van der Waals surface area contributed by atoms with Crippen LogP contribution in [-0.2, 0) is 9.47 Å². The first-order chi connectivity index (χ1) is 8.25. The zero-order valence-corrected chi connectivity index (χ0v) is 13.5. The Morgan fingerprint density at radius 1 is 0.824 bits per heavy atom. The van der Waals surface area contributed by atoms with Crippen LogP contribution in [0.5, 0.6) is 0 Å². The van der Waals surface area contributed by atoms with E-state index in [-0.39, 0.29) is 5.79 Å². The quantitative estimate of drug-likeness (QED) is 0.407. The molecule has 1 aliphatic rings. The van der Waals surface area contributed by atoms with Crippen LogP contribution in [-0.4, -0.2) is 23.9 Å². The van der Waals surface area contributed by atoms with Gasteiger partial charge in [0.1, 0.15) is 0 Å². The smallest absolute Gasteiger partial charge is 0.179 e. The van der Waals surface area contributed by atoms with E-state index in [1.807, 2.05) is 0 Å². The highest BCUT2D eigenvalue weighted by molar-refractivity contribution is 14.1. The van der Waals surface area contributed by atoms with E-state index in [1.165, 1.54) is 57.8 Å². The van der Waals surface area contributed by atoms with Crippen LogP contribution in [0.15, 0.2) is 0 Å². The number of hydrogen-bond acceptors (Lipinski definition) is 2. The van der Waals surface area contributed by atoms with Crippen LogP contribution < -0.4 is 0 Å². The summed E-state index contributed by atoms with van der Waals surface area (Å²) < 4.78 is 11.9. The Labute approximate surface area is 120 Å². The molecule has 0 aromatic carbocycles. The molecule has 3 heteroatoms. The Morgan fingerprint density at radius 3 is 1.82 bits per heavy atom. The lowest BCUT2D eigenvalue weighted by molar-refractivity contribution is -0.209. The molecule has 1 unspecified atom stereocenters. The van der Waals surface area contributed by atoms with Gasteiger partial charge in [0, 0.05) is 20.6 Å². The van der Waals surface area contributed by atoms with Gasteiger partial charge in [0.05, 0.1) is 3.92 Å². The van der Waals surface area contributed by atoms with Crippen molar-refractivity contribution in [1.82, 2.24) is 0 Å². The average Bonchev–Trinajstić information content (AvgIpc) is 2.35. The van der Waals surface area contributed by atoms with Gasteiger partial charge in [0.2, 0.25) is 0 Å².